The van der Waals surface area contributed by atoms with Crippen LogP contribution < -0.4 is 15.4 Å². The molecule has 0 radical (unpaired) electrons. The first-order chi connectivity index (χ1) is 12.1. The van der Waals surface area contributed by atoms with Gasteiger partial charge in [-0.2, -0.15) is 0 Å². The molecule has 1 aliphatic rings. The number of fused-ring (bicyclic) bond motifs is 1. The van der Waals surface area contributed by atoms with Crippen LogP contribution in [0, 0.1) is 5.82 Å². The van der Waals surface area contributed by atoms with Crippen molar-refractivity contribution in [3.05, 3.63) is 65.0 Å². The number of aryl methyl sites for hydroxylation is 1. The van der Waals surface area contributed by atoms with Gasteiger partial charge in [0.1, 0.15) is 11.6 Å². The lowest BCUT2D eigenvalue weighted by molar-refractivity contribution is 0.172. The maximum absolute atomic E-state index is 13.2. The molecule has 3 N–H and O–H groups in total. The second kappa shape index (κ2) is 7.53. The molecule has 2 unspecified atom stereocenters. The summed E-state index contributed by atoms with van der Waals surface area (Å²) in [5, 5.41) is 15.7. The van der Waals surface area contributed by atoms with Crippen LogP contribution in [0.5, 0.6) is 5.75 Å². The van der Waals surface area contributed by atoms with E-state index in [0.29, 0.717) is 11.3 Å². The number of methoxy groups -OCH3 is 1. The summed E-state index contributed by atoms with van der Waals surface area (Å²) < 4.78 is 18.3. The number of aliphatic hydroxyl groups excluding tert-OH is 1. The summed E-state index contributed by atoms with van der Waals surface area (Å²) in [4.78, 5) is 12.1. The highest BCUT2D eigenvalue weighted by atomic mass is 19.1. The summed E-state index contributed by atoms with van der Waals surface area (Å²) in [5.41, 5.74) is 2.58. The summed E-state index contributed by atoms with van der Waals surface area (Å²) in [6, 6.07) is 11.2. The molecule has 0 saturated carbocycles. The molecule has 6 heteroatoms. The molecule has 2 amide bonds. The average molecular weight is 344 g/mol. The monoisotopic (exact) mass is 344 g/mol. The van der Waals surface area contributed by atoms with E-state index in [1.54, 1.807) is 37.4 Å². The molecular formula is C19H21FN2O3. The predicted octanol–water partition coefficient (Wildman–Crippen LogP) is 2.85. The standard InChI is InChI=1S/C19H21FN2O3/c1-25-15-6-2-12(3-7-15)18(23)11-21-19(24)22-17-9-4-13-10-14(20)5-8-16(13)17/h2-3,5-8,10,17-18,23H,4,9,11H2,1H3,(H2,21,22,24). The number of hydrogen-bond acceptors (Lipinski definition) is 3. The number of carbonyl (C=O) groups excluding carboxylic acids is 1. The molecule has 0 bridgehead atoms. The van der Waals surface area contributed by atoms with E-state index in [9.17, 15) is 14.3 Å². The van der Waals surface area contributed by atoms with Crippen molar-refractivity contribution in [2.45, 2.75) is 25.0 Å². The van der Waals surface area contributed by atoms with E-state index in [2.05, 4.69) is 10.6 Å². The minimum absolute atomic E-state index is 0.0984. The first kappa shape index (κ1) is 17.2. The molecule has 5 nitrogen and oxygen atoms in total. The summed E-state index contributed by atoms with van der Waals surface area (Å²) in [6.07, 6.45) is 0.682. The maximum Gasteiger partial charge on any atom is 0.315 e. The molecule has 2 aromatic rings. The topological polar surface area (TPSA) is 70.6 Å². The van der Waals surface area contributed by atoms with Crippen LogP contribution in [0.15, 0.2) is 42.5 Å². The molecule has 132 valence electrons. The number of benzene rings is 2. The van der Waals surface area contributed by atoms with E-state index >= 15 is 0 Å². The van der Waals surface area contributed by atoms with Gasteiger partial charge in [-0.15, -0.1) is 0 Å². The Morgan fingerprint density at radius 3 is 2.80 bits per heavy atom. The Hall–Kier alpha value is -2.60. The van der Waals surface area contributed by atoms with Gasteiger partial charge in [0, 0.05) is 6.54 Å². The number of hydrogen-bond donors (Lipinski definition) is 3. The molecule has 3 rings (SSSR count). The van der Waals surface area contributed by atoms with Gasteiger partial charge in [-0.3, -0.25) is 0 Å². The van der Waals surface area contributed by atoms with Crippen molar-refractivity contribution in [1.82, 2.24) is 10.6 Å². The fourth-order valence-corrected chi connectivity index (χ4v) is 3.08. The van der Waals surface area contributed by atoms with Crippen LogP contribution in [0.25, 0.3) is 0 Å². The molecular weight excluding hydrogens is 323 g/mol. The van der Waals surface area contributed by atoms with Crippen molar-refractivity contribution in [3.63, 3.8) is 0 Å². The number of carbonyl (C=O) groups is 1. The summed E-state index contributed by atoms with van der Waals surface area (Å²) in [7, 11) is 1.58. The average Bonchev–Trinajstić information content (AvgIpc) is 3.01. The van der Waals surface area contributed by atoms with Crippen LogP contribution in [0.3, 0.4) is 0 Å². The quantitative estimate of drug-likeness (QED) is 0.781. The largest absolute Gasteiger partial charge is 0.497 e. The second-order valence-electron chi connectivity index (χ2n) is 6.08. The van der Waals surface area contributed by atoms with E-state index in [1.807, 2.05) is 0 Å². The Bertz CT molecular complexity index is 749. The highest BCUT2D eigenvalue weighted by molar-refractivity contribution is 5.74. The number of amides is 2. The van der Waals surface area contributed by atoms with Gasteiger partial charge in [0.05, 0.1) is 19.3 Å². The van der Waals surface area contributed by atoms with E-state index in [4.69, 9.17) is 4.74 Å². The van der Waals surface area contributed by atoms with Crippen molar-refractivity contribution >= 4 is 6.03 Å². The van der Waals surface area contributed by atoms with Gasteiger partial charge in [0.25, 0.3) is 0 Å². The van der Waals surface area contributed by atoms with Gasteiger partial charge < -0.3 is 20.5 Å². The van der Waals surface area contributed by atoms with Gasteiger partial charge in [-0.25, -0.2) is 9.18 Å². The van der Waals surface area contributed by atoms with Crippen molar-refractivity contribution in [2.75, 3.05) is 13.7 Å². The van der Waals surface area contributed by atoms with Gasteiger partial charge in [0.2, 0.25) is 0 Å². The first-order valence-electron chi connectivity index (χ1n) is 8.21. The minimum atomic E-state index is -0.804. The van der Waals surface area contributed by atoms with Gasteiger partial charge in [-0.05, 0) is 53.8 Å². The molecule has 2 aromatic carbocycles. The highest BCUT2D eigenvalue weighted by Crippen LogP contribution is 2.31. The molecule has 0 spiro atoms. The predicted molar refractivity (Wildman–Crippen MR) is 92.0 cm³/mol. The summed E-state index contributed by atoms with van der Waals surface area (Å²) in [6.45, 7) is 0.0984. The van der Waals surface area contributed by atoms with Crippen LogP contribution in [-0.4, -0.2) is 24.8 Å². The summed E-state index contributed by atoms with van der Waals surface area (Å²) in [5.74, 6) is 0.449. The molecule has 0 heterocycles. The zero-order chi connectivity index (χ0) is 17.8. The Morgan fingerprint density at radius 1 is 1.32 bits per heavy atom. The van der Waals surface area contributed by atoms with Crippen LogP contribution in [0.4, 0.5) is 9.18 Å². The van der Waals surface area contributed by atoms with Gasteiger partial charge >= 0.3 is 6.03 Å². The van der Waals surface area contributed by atoms with E-state index in [-0.39, 0.29) is 24.4 Å². The third kappa shape index (κ3) is 4.09. The summed E-state index contributed by atoms with van der Waals surface area (Å²) >= 11 is 0. The van der Waals surface area contributed by atoms with Crippen LogP contribution in [0.1, 0.15) is 35.3 Å². The van der Waals surface area contributed by atoms with Crippen LogP contribution >= 0.6 is 0 Å². The number of rotatable bonds is 5. The lowest BCUT2D eigenvalue weighted by atomic mass is 10.1. The lowest BCUT2D eigenvalue weighted by Gasteiger charge is -2.17. The number of urea groups is 1. The first-order valence-corrected chi connectivity index (χ1v) is 8.21. The zero-order valence-corrected chi connectivity index (χ0v) is 14.0. The van der Waals surface area contributed by atoms with E-state index < -0.39 is 6.10 Å². The Labute approximate surface area is 145 Å². The molecule has 0 saturated heterocycles. The second-order valence-corrected chi connectivity index (χ2v) is 6.08. The number of ether oxygens (including phenoxy) is 1. The third-order valence-corrected chi connectivity index (χ3v) is 4.44. The molecule has 0 aromatic heterocycles. The zero-order valence-electron chi connectivity index (χ0n) is 14.0. The smallest absolute Gasteiger partial charge is 0.315 e. The van der Waals surface area contributed by atoms with E-state index in [0.717, 1.165) is 24.0 Å². The fourth-order valence-electron chi connectivity index (χ4n) is 3.08. The Morgan fingerprint density at radius 2 is 2.08 bits per heavy atom. The van der Waals surface area contributed by atoms with Crippen LogP contribution in [-0.2, 0) is 6.42 Å². The van der Waals surface area contributed by atoms with Gasteiger partial charge in [-0.1, -0.05) is 18.2 Å². The third-order valence-electron chi connectivity index (χ3n) is 4.44. The van der Waals surface area contributed by atoms with Crippen molar-refractivity contribution in [3.8, 4) is 5.75 Å². The van der Waals surface area contributed by atoms with Crippen molar-refractivity contribution in [2.24, 2.45) is 0 Å². The molecule has 0 aliphatic heterocycles. The lowest BCUT2D eigenvalue weighted by Crippen LogP contribution is -2.39. The fraction of sp³-hybridized carbons (Fsp3) is 0.316. The molecule has 0 fully saturated rings. The molecule has 25 heavy (non-hydrogen) atoms. The van der Waals surface area contributed by atoms with Gasteiger partial charge in [0.15, 0.2) is 0 Å². The SMILES string of the molecule is COc1ccc(C(O)CNC(=O)NC2CCc3cc(F)ccc32)cc1. The van der Waals surface area contributed by atoms with Crippen LogP contribution in [0.2, 0.25) is 0 Å². The highest BCUT2D eigenvalue weighted by Gasteiger charge is 2.24. The van der Waals surface area contributed by atoms with Crippen molar-refractivity contribution < 1.29 is 19.0 Å². The number of halogens is 1. The number of aliphatic hydroxyl groups is 1. The molecule has 2 atom stereocenters. The number of nitrogens with one attached hydrogen (secondary N) is 2. The van der Waals surface area contributed by atoms with Crippen molar-refractivity contribution in [1.29, 1.82) is 0 Å². The molecule has 1 aliphatic carbocycles. The minimum Gasteiger partial charge on any atom is -0.497 e. The Balaban J connectivity index is 1.52. The Kier molecular flexibility index (Phi) is 5.19. The van der Waals surface area contributed by atoms with E-state index in [1.165, 1.54) is 12.1 Å². The normalized spacial score (nSPS) is 16.8. The maximum atomic E-state index is 13.2.